The maximum atomic E-state index is 12.3. The van der Waals surface area contributed by atoms with Crippen molar-refractivity contribution in [1.82, 2.24) is 9.29 Å². The number of hydrogen-bond acceptors (Lipinski definition) is 4. The molecule has 0 fully saturated rings. The highest BCUT2D eigenvalue weighted by atomic mass is 32.2. The Bertz CT molecular complexity index is 467. The van der Waals surface area contributed by atoms with Crippen molar-refractivity contribution < 1.29 is 13.5 Å². The predicted molar refractivity (Wildman–Crippen MR) is 69.5 cm³/mol. The zero-order valence-corrected chi connectivity index (χ0v) is 11.8. The van der Waals surface area contributed by atoms with Crippen LogP contribution in [0.15, 0.2) is 23.4 Å². The van der Waals surface area contributed by atoms with Gasteiger partial charge in [0.05, 0.1) is 6.61 Å². The zero-order valence-electron chi connectivity index (χ0n) is 11.0. The predicted octanol–water partition coefficient (Wildman–Crippen LogP) is 1.38. The van der Waals surface area contributed by atoms with E-state index in [1.165, 1.54) is 16.6 Å². The lowest BCUT2D eigenvalue weighted by Gasteiger charge is -2.24. The van der Waals surface area contributed by atoms with Gasteiger partial charge in [0.15, 0.2) is 5.03 Å². The summed E-state index contributed by atoms with van der Waals surface area (Å²) in [6.07, 6.45) is 2.91. The van der Waals surface area contributed by atoms with E-state index in [1.807, 2.05) is 13.8 Å². The number of nitrogens with zero attached hydrogens (tertiary/aromatic N) is 2. The molecular weight excluding hydrogens is 252 g/mol. The van der Waals surface area contributed by atoms with Gasteiger partial charge < -0.3 is 5.11 Å². The molecule has 0 saturated carbocycles. The van der Waals surface area contributed by atoms with Gasteiger partial charge in [0.25, 0.3) is 10.0 Å². The maximum Gasteiger partial charge on any atom is 0.260 e. The highest BCUT2D eigenvalue weighted by Crippen LogP contribution is 2.17. The maximum absolute atomic E-state index is 12.3. The SMILES string of the molecule is CCC(CC)N(C)S(=O)(=O)c1ccc(CO)cn1. The Morgan fingerprint density at radius 1 is 1.33 bits per heavy atom. The van der Waals surface area contributed by atoms with Gasteiger partial charge in [-0.1, -0.05) is 19.9 Å². The van der Waals surface area contributed by atoms with Crippen molar-refractivity contribution in [1.29, 1.82) is 0 Å². The second-order valence-corrected chi connectivity index (χ2v) is 6.10. The van der Waals surface area contributed by atoms with Crippen molar-refractivity contribution in [3.63, 3.8) is 0 Å². The Kier molecular flexibility index (Phi) is 5.25. The van der Waals surface area contributed by atoms with Crippen molar-refractivity contribution in [2.45, 2.75) is 44.4 Å². The van der Waals surface area contributed by atoms with Crippen LogP contribution in [-0.2, 0) is 16.6 Å². The topological polar surface area (TPSA) is 70.5 Å². The number of aliphatic hydroxyl groups is 1. The molecule has 0 spiro atoms. The van der Waals surface area contributed by atoms with Crippen LogP contribution in [-0.4, -0.2) is 35.9 Å². The van der Waals surface area contributed by atoms with Crippen LogP contribution in [0.4, 0.5) is 0 Å². The first kappa shape index (κ1) is 15.1. The molecule has 0 aromatic carbocycles. The molecule has 1 rings (SSSR count). The van der Waals surface area contributed by atoms with E-state index in [4.69, 9.17) is 5.11 Å². The molecule has 5 nitrogen and oxygen atoms in total. The monoisotopic (exact) mass is 272 g/mol. The van der Waals surface area contributed by atoms with E-state index >= 15 is 0 Å². The molecule has 0 unspecified atom stereocenters. The summed E-state index contributed by atoms with van der Waals surface area (Å²) in [5.74, 6) is 0. The third kappa shape index (κ3) is 3.07. The average Bonchev–Trinajstić information content (AvgIpc) is 2.40. The molecule has 18 heavy (non-hydrogen) atoms. The van der Waals surface area contributed by atoms with Crippen molar-refractivity contribution in [3.05, 3.63) is 23.9 Å². The van der Waals surface area contributed by atoms with Crippen molar-refractivity contribution >= 4 is 10.0 Å². The van der Waals surface area contributed by atoms with Gasteiger partial charge in [0.1, 0.15) is 0 Å². The quantitative estimate of drug-likeness (QED) is 0.849. The van der Waals surface area contributed by atoms with E-state index in [2.05, 4.69) is 4.98 Å². The average molecular weight is 272 g/mol. The first-order chi connectivity index (χ1) is 8.47. The first-order valence-electron chi connectivity index (χ1n) is 6.01. The van der Waals surface area contributed by atoms with Gasteiger partial charge >= 0.3 is 0 Å². The molecule has 1 aromatic rings. The Hall–Kier alpha value is -0.980. The summed E-state index contributed by atoms with van der Waals surface area (Å²) in [5.41, 5.74) is 0.596. The number of rotatable bonds is 6. The largest absolute Gasteiger partial charge is 0.392 e. The lowest BCUT2D eigenvalue weighted by atomic mass is 10.2. The molecule has 102 valence electrons. The van der Waals surface area contributed by atoms with Gasteiger partial charge in [0.2, 0.25) is 0 Å². The third-order valence-electron chi connectivity index (χ3n) is 3.08. The fourth-order valence-electron chi connectivity index (χ4n) is 1.80. The van der Waals surface area contributed by atoms with Gasteiger partial charge in [0, 0.05) is 19.3 Å². The standard InChI is InChI=1S/C12H20N2O3S/c1-4-11(5-2)14(3)18(16,17)12-7-6-10(9-15)8-13-12/h6-8,11,15H,4-5,9H2,1-3H3. The van der Waals surface area contributed by atoms with Crippen LogP contribution in [0.25, 0.3) is 0 Å². The molecule has 0 radical (unpaired) electrons. The minimum Gasteiger partial charge on any atom is -0.392 e. The van der Waals surface area contributed by atoms with Crippen molar-refractivity contribution in [3.8, 4) is 0 Å². The summed E-state index contributed by atoms with van der Waals surface area (Å²) < 4.78 is 26.0. The summed E-state index contributed by atoms with van der Waals surface area (Å²) in [6.45, 7) is 3.78. The zero-order chi connectivity index (χ0) is 13.8. The molecule has 1 heterocycles. The molecule has 0 aliphatic rings. The van der Waals surface area contributed by atoms with Gasteiger partial charge in [-0.2, -0.15) is 4.31 Å². The molecule has 6 heteroatoms. The highest BCUT2D eigenvalue weighted by Gasteiger charge is 2.26. The molecule has 0 aliphatic heterocycles. The van der Waals surface area contributed by atoms with Crippen LogP contribution in [0.5, 0.6) is 0 Å². The van der Waals surface area contributed by atoms with Gasteiger partial charge in [-0.3, -0.25) is 0 Å². The highest BCUT2D eigenvalue weighted by molar-refractivity contribution is 7.89. The molecule has 0 atom stereocenters. The third-order valence-corrected chi connectivity index (χ3v) is 4.91. The lowest BCUT2D eigenvalue weighted by molar-refractivity contribution is 0.281. The van der Waals surface area contributed by atoms with Gasteiger partial charge in [-0.25, -0.2) is 13.4 Å². The summed E-state index contributed by atoms with van der Waals surface area (Å²) >= 11 is 0. The van der Waals surface area contributed by atoms with Crippen LogP contribution in [0.1, 0.15) is 32.3 Å². The molecule has 1 N–H and O–H groups in total. The summed E-state index contributed by atoms with van der Waals surface area (Å²) in [6, 6.07) is 2.98. The van der Waals surface area contributed by atoms with E-state index in [-0.39, 0.29) is 17.7 Å². The van der Waals surface area contributed by atoms with Crippen LogP contribution in [0, 0.1) is 0 Å². The van der Waals surface area contributed by atoms with Crippen LogP contribution >= 0.6 is 0 Å². The fraction of sp³-hybridized carbons (Fsp3) is 0.583. The van der Waals surface area contributed by atoms with E-state index in [0.717, 1.165) is 12.8 Å². The Balaban J connectivity index is 3.04. The summed E-state index contributed by atoms with van der Waals surface area (Å²) in [7, 11) is -1.97. The Labute approximate surface area is 109 Å². The van der Waals surface area contributed by atoms with Crippen molar-refractivity contribution in [2.75, 3.05) is 7.05 Å². The van der Waals surface area contributed by atoms with Crippen LogP contribution in [0.3, 0.4) is 0 Å². The normalized spacial score (nSPS) is 12.3. The molecule has 1 aromatic heterocycles. The van der Waals surface area contributed by atoms with Crippen LogP contribution < -0.4 is 0 Å². The lowest BCUT2D eigenvalue weighted by Crippen LogP contribution is -2.36. The van der Waals surface area contributed by atoms with Gasteiger partial charge in [-0.05, 0) is 24.5 Å². The summed E-state index contributed by atoms with van der Waals surface area (Å²) in [5, 5.41) is 8.93. The molecule has 0 amide bonds. The second kappa shape index (κ2) is 6.26. The first-order valence-corrected chi connectivity index (χ1v) is 7.45. The van der Waals surface area contributed by atoms with Crippen molar-refractivity contribution in [2.24, 2.45) is 0 Å². The molecule has 0 saturated heterocycles. The van der Waals surface area contributed by atoms with E-state index < -0.39 is 10.0 Å². The Morgan fingerprint density at radius 2 is 1.94 bits per heavy atom. The fourth-order valence-corrected chi connectivity index (χ4v) is 3.22. The number of pyridine rings is 1. The number of hydrogen-bond donors (Lipinski definition) is 1. The smallest absolute Gasteiger partial charge is 0.260 e. The summed E-state index contributed by atoms with van der Waals surface area (Å²) in [4.78, 5) is 3.90. The molecular formula is C12H20N2O3S. The number of aromatic nitrogens is 1. The number of aliphatic hydroxyl groups excluding tert-OH is 1. The van der Waals surface area contributed by atoms with Crippen LogP contribution in [0.2, 0.25) is 0 Å². The molecule has 0 aliphatic carbocycles. The van der Waals surface area contributed by atoms with Gasteiger partial charge in [-0.15, -0.1) is 0 Å². The van der Waals surface area contributed by atoms with E-state index in [9.17, 15) is 8.42 Å². The number of sulfonamides is 1. The van der Waals surface area contributed by atoms with E-state index in [0.29, 0.717) is 5.56 Å². The minimum absolute atomic E-state index is 0.0191. The van der Waals surface area contributed by atoms with E-state index in [1.54, 1.807) is 13.1 Å². The molecule has 0 bridgehead atoms. The second-order valence-electron chi connectivity index (χ2n) is 4.15. The Morgan fingerprint density at radius 3 is 2.33 bits per heavy atom. The minimum atomic E-state index is -3.55.